The first kappa shape index (κ1) is 25.5. The third kappa shape index (κ3) is 4.19. The molecule has 1 aliphatic heterocycles. The topological polar surface area (TPSA) is 38.4 Å². The predicted octanol–water partition coefficient (Wildman–Crippen LogP) is 10.5. The summed E-state index contributed by atoms with van der Waals surface area (Å²) in [5, 5.41) is 2.20. The molecule has 41 heavy (non-hydrogen) atoms. The van der Waals surface area contributed by atoms with Crippen molar-refractivity contribution < 1.29 is 4.42 Å². The van der Waals surface area contributed by atoms with E-state index in [1.165, 1.54) is 27.8 Å². The molecule has 0 amide bonds. The summed E-state index contributed by atoms with van der Waals surface area (Å²) in [4.78, 5) is 10.2. The summed E-state index contributed by atoms with van der Waals surface area (Å²) in [5.41, 5.74) is 13.5. The maximum Gasteiger partial charge on any atom is 0.144 e. The minimum absolute atomic E-state index is 0.0381. The summed E-state index contributed by atoms with van der Waals surface area (Å²) in [6, 6.07) is 32.5. The van der Waals surface area contributed by atoms with E-state index in [0.717, 1.165) is 50.2 Å². The number of hydrogen-bond donors (Lipinski definition) is 0. The third-order valence-electron chi connectivity index (χ3n) is 8.43. The summed E-state index contributed by atoms with van der Waals surface area (Å²) in [5.74, 6) is 0.825. The first-order valence-electron chi connectivity index (χ1n) is 14.6. The predicted molar refractivity (Wildman–Crippen MR) is 171 cm³/mol. The van der Waals surface area contributed by atoms with E-state index >= 15 is 0 Å². The average molecular weight is 535 g/mol. The van der Waals surface area contributed by atoms with Crippen LogP contribution in [0.3, 0.4) is 0 Å². The average Bonchev–Trinajstić information content (AvgIpc) is 3.55. The molecule has 0 fully saturated rings. The van der Waals surface area contributed by atoms with Crippen molar-refractivity contribution in [3.05, 3.63) is 131 Å². The van der Waals surface area contributed by atoms with Crippen molar-refractivity contribution in [2.45, 2.75) is 52.4 Å². The molecule has 7 rings (SSSR count). The van der Waals surface area contributed by atoms with Crippen LogP contribution in [0.5, 0.6) is 0 Å². The lowest BCUT2D eigenvalue weighted by Gasteiger charge is -2.26. The summed E-state index contributed by atoms with van der Waals surface area (Å²) in [6.45, 7) is 11.3. The smallest absolute Gasteiger partial charge is 0.144 e. The van der Waals surface area contributed by atoms with E-state index in [2.05, 4.69) is 107 Å². The maximum atomic E-state index is 6.49. The van der Waals surface area contributed by atoms with Gasteiger partial charge in [0.05, 0.1) is 23.0 Å². The lowest BCUT2D eigenvalue weighted by Crippen LogP contribution is -2.17. The summed E-state index contributed by atoms with van der Waals surface area (Å²) >= 11 is 0. The second-order valence-electron chi connectivity index (χ2n) is 11.9. The number of nitrogens with zero attached hydrogens (tertiary/aromatic N) is 2. The van der Waals surface area contributed by atoms with Crippen molar-refractivity contribution in [2.24, 2.45) is 4.99 Å². The second kappa shape index (κ2) is 9.85. The Balaban J connectivity index is 1.55. The van der Waals surface area contributed by atoms with Crippen LogP contribution in [0.4, 0.5) is 5.69 Å². The van der Waals surface area contributed by atoms with Crippen molar-refractivity contribution >= 4 is 33.3 Å². The number of aromatic nitrogens is 1. The normalized spacial score (nSPS) is 14.8. The molecule has 3 nitrogen and oxygen atoms in total. The SMILES string of the molecule is Cc1ccnc(-c2cc(C3=Nc4ccccc4C3c3c(C(C)C)cccc3C(C)C)cc3c2oc2ccccc23)c1. The van der Waals surface area contributed by atoms with E-state index in [1.54, 1.807) is 0 Å². The van der Waals surface area contributed by atoms with Gasteiger partial charge in [-0.1, -0.05) is 82.3 Å². The number of aliphatic imine (C=N–C) groups is 1. The maximum absolute atomic E-state index is 6.49. The van der Waals surface area contributed by atoms with Crippen LogP contribution in [-0.2, 0) is 0 Å². The Kier molecular flexibility index (Phi) is 6.12. The Morgan fingerprint density at radius 3 is 2.22 bits per heavy atom. The van der Waals surface area contributed by atoms with Gasteiger partial charge in [0.2, 0.25) is 0 Å². The van der Waals surface area contributed by atoms with Crippen LogP contribution >= 0.6 is 0 Å². The minimum Gasteiger partial charge on any atom is -0.455 e. The van der Waals surface area contributed by atoms with Crippen LogP contribution in [0.25, 0.3) is 33.2 Å². The van der Waals surface area contributed by atoms with E-state index in [1.807, 2.05) is 24.4 Å². The van der Waals surface area contributed by atoms with Gasteiger partial charge in [0, 0.05) is 22.5 Å². The van der Waals surface area contributed by atoms with Crippen LogP contribution in [-0.4, -0.2) is 10.7 Å². The van der Waals surface area contributed by atoms with Crippen LogP contribution in [0.1, 0.15) is 78.8 Å². The standard InChI is InChI=1S/C38H34N2O/c1-22(2)26-13-10-14-27(23(3)4)35(26)36-29-12-6-8-15-32(29)40-37(36)25-20-30-28-11-7-9-16-34(28)41-38(30)31(21-25)33-19-24(5)17-18-39-33/h6-23,36H,1-5H3. The lowest BCUT2D eigenvalue weighted by molar-refractivity contribution is 0.670. The molecule has 1 unspecified atom stereocenters. The molecule has 6 aromatic rings. The van der Waals surface area contributed by atoms with E-state index in [4.69, 9.17) is 14.4 Å². The number of furan rings is 1. The monoisotopic (exact) mass is 534 g/mol. The molecule has 0 saturated carbocycles. The molecule has 0 saturated heterocycles. The van der Waals surface area contributed by atoms with Crippen LogP contribution in [0.15, 0.2) is 107 Å². The van der Waals surface area contributed by atoms with E-state index in [-0.39, 0.29) is 5.92 Å². The number of pyridine rings is 1. The zero-order chi connectivity index (χ0) is 28.2. The number of aryl methyl sites for hydroxylation is 1. The number of rotatable bonds is 5. The Morgan fingerprint density at radius 1 is 0.732 bits per heavy atom. The molecule has 202 valence electrons. The minimum atomic E-state index is 0.0381. The number of para-hydroxylation sites is 2. The fourth-order valence-corrected chi connectivity index (χ4v) is 6.49. The Morgan fingerprint density at radius 2 is 1.46 bits per heavy atom. The fraction of sp³-hybridized carbons (Fsp3) is 0.211. The van der Waals surface area contributed by atoms with E-state index in [9.17, 15) is 0 Å². The van der Waals surface area contributed by atoms with Crippen LogP contribution < -0.4 is 0 Å². The highest BCUT2D eigenvalue weighted by Crippen LogP contribution is 2.47. The molecular weight excluding hydrogens is 500 g/mol. The fourth-order valence-electron chi connectivity index (χ4n) is 6.49. The molecule has 0 aliphatic carbocycles. The molecule has 1 atom stereocenters. The zero-order valence-electron chi connectivity index (χ0n) is 24.3. The molecule has 0 N–H and O–H groups in total. The van der Waals surface area contributed by atoms with Gasteiger partial charge in [-0.05, 0) is 88.5 Å². The summed E-state index contributed by atoms with van der Waals surface area (Å²) in [7, 11) is 0. The Bertz CT molecular complexity index is 1950. The third-order valence-corrected chi connectivity index (χ3v) is 8.43. The van der Waals surface area contributed by atoms with E-state index in [0.29, 0.717) is 11.8 Å². The zero-order valence-corrected chi connectivity index (χ0v) is 24.3. The molecule has 2 aromatic heterocycles. The van der Waals surface area contributed by atoms with Crippen LogP contribution in [0.2, 0.25) is 0 Å². The molecule has 3 heterocycles. The number of benzene rings is 4. The molecule has 0 spiro atoms. The van der Waals surface area contributed by atoms with E-state index < -0.39 is 0 Å². The number of fused-ring (bicyclic) bond motifs is 4. The van der Waals surface area contributed by atoms with Crippen molar-refractivity contribution in [3.8, 4) is 11.3 Å². The Hall–Kier alpha value is -4.50. The highest BCUT2D eigenvalue weighted by atomic mass is 16.3. The van der Waals surface area contributed by atoms with Gasteiger partial charge in [0.25, 0.3) is 0 Å². The molecule has 0 bridgehead atoms. The van der Waals surface area contributed by atoms with Gasteiger partial charge in [0.15, 0.2) is 0 Å². The van der Waals surface area contributed by atoms with Gasteiger partial charge in [-0.25, -0.2) is 0 Å². The van der Waals surface area contributed by atoms with Crippen LogP contribution in [0, 0.1) is 6.92 Å². The van der Waals surface area contributed by atoms with Crippen molar-refractivity contribution in [3.63, 3.8) is 0 Å². The Labute approximate surface area is 241 Å². The second-order valence-corrected chi connectivity index (χ2v) is 11.9. The van der Waals surface area contributed by atoms with Gasteiger partial charge in [-0.15, -0.1) is 0 Å². The first-order chi connectivity index (χ1) is 19.9. The largest absolute Gasteiger partial charge is 0.455 e. The lowest BCUT2D eigenvalue weighted by atomic mass is 9.76. The summed E-state index contributed by atoms with van der Waals surface area (Å²) < 4.78 is 6.49. The summed E-state index contributed by atoms with van der Waals surface area (Å²) in [6.07, 6.45) is 1.88. The van der Waals surface area contributed by atoms with Crippen molar-refractivity contribution in [2.75, 3.05) is 0 Å². The van der Waals surface area contributed by atoms with Crippen molar-refractivity contribution in [1.82, 2.24) is 4.98 Å². The quantitative estimate of drug-likeness (QED) is 0.221. The van der Waals surface area contributed by atoms with Gasteiger partial charge in [-0.3, -0.25) is 9.98 Å². The molecule has 4 aromatic carbocycles. The first-order valence-corrected chi connectivity index (χ1v) is 14.6. The molecular formula is C38H34N2O. The molecule has 1 aliphatic rings. The van der Waals surface area contributed by atoms with Gasteiger partial charge >= 0.3 is 0 Å². The van der Waals surface area contributed by atoms with Gasteiger partial charge in [0.1, 0.15) is 11.2 Å². The van der Waals surface area contributed by atoms with Gasteiger partial charge < -0.3 is 4.42 Å². The molecule has 0 radical (unpaired) electrons. The molecule has 3 heteroatoms. The highest BCUT2D eigenvalue weighted by molar-refractivity contribution is 6.17. The van der Waals surface area contributed by atoms with Gasteiger partial charge in [-0.2, -0.15) is 0 Å². The number of hydrogen-bond acceptors (Lipinski definition) is 3. The highest BCUT2D eigenvalue weighted by Gasteiger charge is 2.34. The van der Waals surface area contributed by atoms with Crippen molar-refractivity contribution in [1.29, 1.82) is 0 Å².